The highest BCUT2D eigenvalue weighted by Crippen LogP contribution is 2.45. The van der Waals surface area contributed by atoms with E-state index in [4.69, 9.17) is 11.6 Å². The van der Waals surface area contributed by atoms with Gasteiger partial charge in [-0.05, 0) is 43.7 Å². The maximum Gasteiger partial charge on any atom is 0.205 e. The number of nitrogens with zero attached hydrogens (tertiary/aromatic N) is 3. The molecular formula is C18H15ClN4. The normalized spacial score (nSPS) is 18.4. The molecule has 1 atom stereocenters. The molecule has 2 aromatic carbocycles. The van der Waals surface area contributed by atoms with Crippen LogP contribution in [0.5, 0.6) is 0 Å². The lowest BCUT2D eigenvalue weighted by Gasteiger charge is -2.29. The molecule has 1 aromatic heterocycles. The summed E-state index contributed by atoms with van der Waals surface area (Å²) in [6, 6.07) is 15.8. The molecule has 2 heterocycles. The van der Waals surface area contributed by atoms with Crippen LogP contribution in [0.4, 0.5) is 5.95 Å². The Hall–Kier alpha value is -2.51. The van der Waals surface area contributed by atoms with Crippen molar-refractivity contribution in [2.75, 3.05) is 5.32 Å². The first kappa shape index (κ1) is 14.1. The zero-order valence-electron chi connectivity index (χ0n) is 12.8. The van der Waals surface area contributed by atoms with Gasteiger partial charge in [-0.2, -0.15) is 5.26 Å². The van der Waals surface area contributed by atoms with Gasteiger partial charge in [-0.3, -0.25) is 0 Å². The third-order valence-corrected chi connectivity index (χ3v) is 4.77. The summed E-state index contributed by atoms with van der Waals surface area (Å²) < 4.78 is 2.13. The number of para-hydroxylation sites is 1. The third kappa shape index (κ3) is 1.94. The van der Waals surface area contributed by atoms with Gasteiger partial charge in [0.15, 0.2) is 0 Å². The fourth-order valence-electron chi connectivity index (χ4n) is 3.49. The highest BCUT2D eigenvalue weighted by Gasteiger charge is 2.42. The molecule has 1 aliphatic heterocycles. The average molecular weight is 323 g/mol. The van der Waals surface area contributed by atoms with Gasteiger partial charge in [0, 0.05) is 5.02 Å². The first-order valence-electron chi connectivity index (χ1n) is 7.46. The second-order valence-corrected chi connectivity index (χ2v) is 6.78. The Morgan fingerprint density at radius 2 is 2.04 bits per heavy atom. The van der Waals surface area contributed by atoms with Crippen molar-refractivity contribution in [3.8, 4) is 6.07 Å². The van der Waals surface area contributed by atoms with E-state index in [0.717, 1.165) is 22.5 Å². The molecule has 0 aliphatic carbocycles. The van der Waals surface area contributed by atoms with E-state index in [1.54, 1.807) is 0 Å². The maximum absolute atomic E-state index is 9.45. The number of hydrogen-bond acceptors (Lipinski definition) is 3. The molecule has 1 aliphatic rings. The highest BCUT2D eigenvalue weighted by molar-refractivity contribution is 6.30. The van der Waals surface area contributed by atoms with Crippen molar-refractivity contribution in [1.29, 1.82) is 5.26 Å². The van der Waals surface area contributed by atoms with E-state index in [1.165, 1.54) is 0 Å². The van der Waals surface area contributed by atoms with Crippen LogP contribution in [0.25, 0.3) is 11.0 Å². The van der Waals surface area contributed by atoms with Crippen molar-refractivity contribution in [2.45, 2.75) is 25.4 Å². The van der Waals surface area contributed by atoms with Gasteiger partial charge in [0.25, 0.3) is 0 Å². The zero-order valence-corrected chi connectivity index (χ0v) is 13.6. The van der Waals surface area contributed by atoms with E-state index in [9.17, 15) is 5.26 Å². The molecule has 23 heavy (non-hydrogen) atoms. The van der Waals surface area contributed by atoms with Gasteiger partial charge in [-0.1, -0.05) is 29.8 Å². The summed E-state index contributed by atoms with van der Waals surface area (Å²) in [5, 5.41) is 13.7. The number of imidazole rings is 1. The molecule has 0 bridgehead atoms. The maximum atomic E-state index is 9.45. The lowest BCUT2D eigenvalue weighted by molar-refractivity contribution is 0.352. The Kier molecular flexibility index (Phi) is 2.91. The summed E-state index contributed by atoms with van der Waals surface area (Å²) in [5.41, 5.74) is 3.19. The standard InChI is InChI=1S/C18H15ClN4/c1-18(2)16(11-5-3-7-13(19)9-11)22-17-21-14-8-4-6-12(10-20)15(14)23(17)18/h3-9,16H,1-2H3,(H,21,22)/t16-/m0/s1. The minimum Gasteiger partial charge on any atom is -0.346 e. The number of nitriles is 1. The van der Waals surface area contributed by atoms with Gasteiger partial charge in [-0.25, -0.2) is 4.98 Å². The van der Waals surface area contributed by atoms with Crippen LogP contribution in [0.1, 0.15) is 31.0 Å². The third-order valence-electron chi connectivity index (χ3n) is 4.54. The number of rotatable bonds is 1. The largest absolute Gasteiger partial charge is 0.346 e. The van der Waals surface area contributed by atoms with Gasteiger partial charge in [-0.15, -0.1) is 0 Å². The lowest BCUT2D eigenvalue weighted by atomic mass is 9.89. The van der Waals surface area contributed by atoms with Gasteiger partial charge in [0.05, 0.1) is 28.2 Å². The van der Waals surface area contributed by atoms with Crippen LogP contribution in [-0.2, 0) is 5.54 Å². The first-order chi connectivity index (χ1) is 11.0. The van der Waals surface area contributed by atoms with Gasteiger partial charge in [0.2, 0.25) is 5.95 Å². The fraction of sp³-hybridized carbons (Fsp3) is 0.222. The zero-order chi connectivity index (χ0) is 16.2. The molecule has 114 valence electrons. The summed E-state index contributed by atoms with van der Waals surface area (Å²) in [7, 11) is 0. The molecule has 3 aromatic rings. The van der Waals surface area contributed by atoms with Crippen molar-refractivity contribution in [2.24, 2.45) is 0 Å². The van der Waals surface area contributed by atoms with Gasteiger partial charge >= 0.3 is 0 Å². The number of anilines is 1. The Labute approximate surface area is 139 Å². The summed E-state index contributed by atoms with van der Waals surface area (Å²) >= 11 is 6.15. The number of benzene rings is 2. The van der Waals surface area contributed by atoms with E-state index in [2.05, 4.69) is 40.9 Å². The second kappa shape index (κ2) is 4.74. The van der Waals surface area contributed by atoms with Crippen molar-refractivity contribution < 1.29 is 0 Å². The van der Waals surface area contributed by atoms with Crippen molar-refractivity contribution in [3.63, 3.8) is 0 Å². The SMILES string of the molecule is CC1(C)[C@H](c2cccc(Cl)c2)Nc2nc3cccc(C#N)c3n21. The molecular weight excluding hydrogens is 308 g/mol. The summed E-state index contributed by atoms with van der Waals surface area (Å²) in [6.45, 7) is 4.30. The Morgan fingerprint density at radius 3 is 2.78 bits per heavy atom. The van der Waals surface area contributed by atoms with E-state index >= 15 is 0 Å². The van der Waals surface area contributed by atoms with Crippen LogP contribution in [0.15, 0.2) is 42.5 Å². The van der Waals surface area contributed by atoms with Crippen molar-refractivity contribution in [1.82, 2.24) is 9.55 Å². The van der Waals surface area contributed by atoms with Crippen LogP contribution in [0.2, 0.25) is 5.02 Å². The number of nitrogens with one attached hydrogen (secondary N) is 1. The van der Waals surface area contributed by atoms with Crippen molar-refractivity contribution in [3.05, 3.63) is 58.6 Å². The molecule has 0 spiro atoms. The van der Waals surface area contributed by atoms with E-state index in [0.29, 0.717) is 10.6 Å². The molecule has 5 heteroatoms. The molecule has 0 unspecified atom stereocenters. The molecule has 4 nitrogen and oxygen atoms in total. The van der Waals surface area contributed by atoms with Crippen LogP contribution < -0.4 is 5.32 Å². The predicted octanol–water partition coefficient (Wildman–Crippen LogP) is 4.46. The van der Waals surface area contributed by atoms with Crippen LogP contribution in [-0.4, -0.2) is 9.55 Å². The number of hydrogen-bond donors (Lipinski definition) is 1. The Balaban J connectivity index is 1.93. The predicted molar refractivity (Wildman–Crippen MR) is 91.6 cm³/mol. The van der Waals surface area contributed by atoms with Crippen LogP contribution >= 0.6 is 11.6 Å². The topological polar surface area (TPSA) is 53.6 Å². The highest BCUT2D eigenvalue weighted by atomic mass is 35.5. The molecule has 0 amide bonds. The fourth-order valence-corrected chi connectivity index (χ4v) is 3.69. The first-order valence-corrected chi connectivity index (χ1v) is 7.84. The van der Waals surface area contributed by atoms with E-state index < -0.39 is 0 Å². The monoisotopic (exact) mass is 322 g/mol. The van der Waals surface area contributed by atoms with Crippen molar-refractivity contribution >= 4 is 28.6 Å². The molecule has 0 fully saturated rings. The number of aromatic nitrogens is 2. The molecule has 0 saturated carbocycles. The molecule has 4 rings (SSSR count). The number of fused-ring (bicyclic) bond motifs is 3. The summed E-state index contributed by atoms with van der Waals surface area (Å²) in [4.78, 5) is 4.66. The minimum atomic E-state index is -0.276. The van der Waals surface area contributed by atoms with E-state index in [1.807, 2.05) is 36.4 Å². The molecule has 0 radical (unpaired) electrons. The molecule has 0 saturated heterocycles. The quantitative estimate of drug-likeness (QED) is 0.719. The lowest BCUT2D eigenvalue weighted by Crippen LogP contribution is -2.30. The smallest absolute Gasteiger partial charge is 0.205 e. The average Bonchev–Trinajstić information content (AvgIpc) is 3.02. The van der Waals surface area contributed by atoms with Crippen LogP contribution in [0, 0.1) is 11.3 Å². The Bertz CT molecular complexity index is 965. The Morgan fingerprint density at radius 1 is 1.26 bits per heavy atom. The number of halogens is 1. The summed E-state index contributed by atoms with van der Waals surface area (Å²) in [6.07, 6.45) is 0. The molecule has 1 N–H and O–H groups in total. The van der Waals surface area contributed by atoms with E-state index in [-0.39, 0.29) is 11.6 Å². The van der Waals surface area contributed by atoms with Gasteiger partial charge in [0.1, 0.15) is 6.07 Å². The summed E-state index contributed by atoms with van der Waals surface area (Å²) in [5.74, 6) is 0.790. The second-order valence-electron chi connectivity index (χ2n) is 6.34. The van der Waals surface area contributed by atoms with Crippen LogP contribution in [0.3, 0.4) is 0 Å². The minimum absolute atomic E-state index is 0.0415. The van der Waals surface area contributed by atoms with Gasteiger partial charge < -0.3 is 9.88 Å².